The van der Waals surface area contributed by atoms with Crippen molar-refractivity contribution in [2.75, 3.05) is 19.8 Å². The number of nitrogens with one attached hydrogen (secondary N) is 1. The Labute approximate surface area is 443 Å². The number of rotatable bonds is 48. The first-order valence-electron chi connectivity index (χ1n) is 30.1. The van der Waals surface area contributed by atoms with Crippen LogP contribution < -0.4 is 5.32 Å². The zero-order valence-electron chi connectivity index (χ0n) is 46.1. The number of carbonyl (C=O) groups excluding carboxylic acids is 1. The van der Waals surface area contributed by atoms with Crippen molar-refractivity contribution in [2.45, 2.75) is 325 Å². The third kappa shape index (κ3) is 31.5. The predicted molar refractivity (Wildman–Crippen MR) is 291 cm³/mol. The Hall–Kier alpha value is -1.53. The van der Waals surface area contributed by atoms with Gasteiger partial charge < -0.3 is 65.1 Å². The molecule has 2 aliphatic rings. The number of aliphatic hydroxyl groups excluding tert-OH is 8. The molecule has 0 aliphatic carbocycles. The van der Waals surface area contributed by atoms with E-state index in [-0.39, 0.29) is 12.5 Å². The Balaban J connectivity index is 1.75. The number of carbonyl (C=O) groups is 1. The van der Waals surface area contributed by atoms with Crippen molar-refractivity contribution in [3.63, 3.8) is 0 Å². The molecule has 1 amide bonds. The van der Waals surface area contributed by atoms with Crippen LogP contribution in [-0.2, 0) is 23.7 Å². The largest absolute Gasteiger partial charge is 0.394 e. The van der Waals surface area contributed by atoms with Crippen molar-refractivity contribution in [2.24, 2.45) is 0 Å². The van der Waals surface area contributed by atoms with Crippen molar-refractivity contribution in [1.29, 1.82) is 0 Å². The van der Waals surface area contributed by atoms with E-state index < -0.39 is 86.8 Å². The second-order valence-corrected chi connectivity index (χ2v) is 21.5. The maximum absolute atomic E-state index is 13.3. The minimum atomic E-state index is -1.78. The predicted octanol–water partition coefficient (Wildman–Crippen LogP) is 10.1. The van der Waals surface area contributed by atoms with Crippen molar-refractivity contribution >= 4 is 5.91 Å². The lowest BCUT2D eigenvalue weighted by molar-refractivity contribution is -0.359. The molecule has 0 spiro atoms. The standard InChI is InChI=1S/C59H111NO13/c1-3-5-7-9-11-13-15-17-19-21-22-23-24-25-27-28-30-32-34-36-38-40-42-48(63)47(60-51(64)43-41-39-37-35-33-31-29-26-20-18-16-14-12-10-8-6-4-2)46-70-58-56(69)54(67)57(50(45-62)72-58)73-59-55(68)53(66)52(65)49(44-61)71-59/h12,14,18,20,47-50,52-59,61-63,65-69H,3-11,13,15-17,19,21-46H2,1-2H3,(H,60,64)/b14-12-,20-18-. The van der Waals surface area contributed by atoms with E-state index >= 15 is 0 Å². The van der Waals surface area contributed by atoms with Gasteiger partial charge in [0.15, 0.2) is 12.6 Å². The summed E-state index contributed by atoms with van der Waals surface area (Å²) in [6.07, 6.45) is 36.0. The van der Waals surface area contributed by atoms with Crippen LogP contribution in [0, 0.1) is 0 Å². The van der Waals surface area contributed by atoms with Gasteiger partial charge in [-0.25, -0.2) is 0 Å². The molecule has 0 saturated carbocycles. The van der Waals surface area contributed by atoms with Crippen LogP contribution in [0.3, 0.4) is 0 Å². The highest BCUT2D eigenvalue weighted by Crippen LogP contribution is 2.30. The summed E-state index contributed by atoms with van der Waals surface area (Å²) in [5.41, 5.74) is 0. The Kier molecular flexibility index (Phi) is 42.1. The van der Waals surface area contributed by atoms with E-state index in [1.54, 1.807) is 0 Å². The number of hydrogen-bond donors (Lipinski definition) is 9. The molecule has 9 N–H and O–H groups in total. The van der Waals surface area contributed by atoms with E-state index in [0.29, 0.717) is 19.3 Å². The summed E-state index contributed by atoms with van der Waals surface area (Å²) >= 11 is 0. The van der Waals surface area contributed by atoms with E-state index in [1.807, 2.05) is 0 Å². The van der Waals surface area contributed by atoms with Gasteiger partial charge in [0.05, 0.1) is 32.0 Å². The summed E-state index contributed by atoms with van der Waals surface area (Å²) in [5.74, 6) is -0.212. The quantitative estimate of drug-likeness (QED) is 0.0204. The molecule has 14 heteroatoms. The number of ether oxygens (including phenoxy) is 4. The molecular weight excluding hydrogens is 931 g/mol. The Morgan fingerprint density at radius 2 is 0.904 bits per heavy atom. The summed E-state index contributed by atoms with van der Waals surface area (Å²) in [5, 5.41) is 87.3. The third-order valence-corrected chi connectivity index (χ3v) is 14.9. The summed E-state index contributed by atoms with van der Waals surface area (Å²) < 4.78 is 22.8. The molecular formula is C59H111NO13. The van der Waals surface area contributed by atoms with Crippen molar-refractivity contribution < 1.29 is 64.6 Å². The van der Waals surface area contributed by atoms with Gasteiger partial charge >= 0.3 is 0 Å². The van der Waals surface area contributed by atoms with Crippen molar-refractivity contribution in [3.8, 4) is 0 Å². The molecule has 430 valence electrons. The summed E-state index contributed by atoms with van der Waals surface area (Å²) in [6, 6.07) is -0.832. The molecule has 2 rings (SSSR count). The van der Waals surface area contributed by atoms with E-state index in [1.165, 1.54) is 161 Å². The molecule has 0 aromatic heterocycles. The topological polar surface area (TPSA) is 228 Å². The van der Waals surface area contributed by atoms with Crippen molar-refractivity contribution in [3.05, 3.63) is 24.3 Å². The lowest BCUT2D eigenvalue weighted by Gasteiger charge is -2.46. The molecule has 2 heterocycles. The van der Waals surface area contributed by atoms with Crippen LogP contribution >= 0.6 is 0 Å². The molecule has 73 heavy (non-hydrogen) atoms. The second-order valence-electron chi connectivity index (χ2n) is 21.5. The molecule has 0 aromatic rings. The molecule has 2 saturated heterocycles. The molecule has 14 nitrogen and oxygen atoms in total. The highest BCUT2D eigenvalue weighted by molar-refractivity contribution is 5.76. The fourth-order valence-corrected chi connectivity index (χ4v) is 10.0. The van der Waals surface area contributed by atoms with E-state index in [0.717, 1.165) is 57.8 Å². The van der Waals surface area contributed by atoms with Crippen LogP contribution in [0.1, 0.15) is 251 Å². The van der Waals surface area contributed by atoms with Gasteiger partial charge in [-0.05, 0) is 44.9 Å². The smallest absolute Gasteiger partial charge is 0.220 e. The van der Waals surface area contributed by atoms with Crippen LogP contribution in [0.2, 0.25) is 0 Å². The van der Waals surface area contributed by atoms with Crippen LogP contribution in [0.5, 0.6) is 0 Å². The zero-order chi connectivity index (χ0) is 53.2. The fraction of sp³-hybridized carbons (Fsp3) is 0.915. The van der Waals surface area contributed by atoms with Crippen LogP contribution in [-0.4, -0.2) is 140 Å². The van der Waals surface area contributed by atoms with Gasteiger partial charge in [-0.1, -0.05) is 224 Å². The van der Waals surface area contributed by atoms with Gasteiger partial charge in [-0.3, -0.25) is 4.79 Å². The molecule has 0 radical (unpaired) electrons. The minimum Gasteiger partial charge on any atom is -0.394 e. The first-order chi connectivity index (χ1) is 35.6. The Morgan fingerprint density at radius 3 is 1.40 bits per heavy atom. The number of unbranched alkanes of at least 4 members (excludes halogenated alkanes) is 31. The number of allylic oxidation sites excluding steroid dienone is 4. The Morgan fingerprint density at radius 1 is 0.493 bits per heavy atom. The van der Waals surface area contributed by atoms with Crippen molar-refractivity contribution in [1.82, 2.24) is 5.32 Å². The molecule has 12 unspecified atom stereocenters. The second kappa shape index (κ2) is 45.5. The number of hydrogen-bond acceptors (Lipinski definition) is 13. The highest BCUT2D eigenvalue weighted by Gasteiger charge is 2.51. The molecule has 12 atom stereocenters. The molecule has 2 fully saturated rings. The van der Waals surface area contributed by atoms with Gasteiger partial charge in [0.1, 0.15) is 48.8 Å². The number of amides is 1. The van der Waals surface area contributed by atoms with Crippen LogP contribution in [0.25, 0.3) is 0 Å². The molecule has 0 aromatic carbocycles. The average molecular weight is 1040 g/mol. The zero-order valence-corrected chi connectivity index (χ0v) is 46.1. The van der Waals surface area contributed by atoms with Crippen LogP contribution in [0.4, 0.5) is 0 Å². The summed E-state index contributed by atoms with van der Waals surface area (Å²) in [7, 11) is 0. The highest BCUT2D eigenvalue weighted by atomic mass is 16.7. The average Bonchev–Trinajstić information content (AvgIpc) is 3.39. The minimum absolute atomic E-state index is 0.212. The number of aliphatic hydroxyl groups is 8. The third-order valence-electron chi connectivity index (χ3n) is 14.9. The Bertz CT molecular complexity index is 1320. The molecule has 2 aliphatic heterocycles. The first kappa shape index (κ1) is 67.6. The van der Waals surface area contributed by atoms with Gasteiger partial charge in [-0.15, -0.1) is 0 Å². The van der Waals surface area contributed by atoms with E-state index in [9.17, 15) is 45.6 Å². The maximum atomic E-state index is 13.3. The molecule has 0 bridgehead atoms. The van der Waals surface area contributed by atoms with Gasteiger partial charge in [0, 0.05) is 6.42 Å². The first-order valence-corrected chi connectivity index (χ1v) is 30.1. The normalized spacial score (nSPS) is 25.5. The fourth-order valence-electron chi connectivity index (χ4n) is 10.0. The maximum Gasteiger partial charge on any atom is 0.220 e. The lowest BCUT2D eigenvalue weighted by atomic mass is 9.97. The van der Waals surface area contributed by atoms with E-state index in [4.69, 9.17) is 18.9 Å². The lowest BCUT2D eigenvalue weighted by Crippen LogP contribution is -2.65. The van der Waals surface area contributed by atoms with Gasteiger partial charge in [0.2, 0.25) is 5.91 Å². The van der Waals surface area contributed by atoms with Gasteiger partial charge in [0.25, 0.3) is 0 Å². The summed E-state index contributed by atoms with van der Waals surface area (Å²) in [6.45, 7) is 2.85. The van der Waals surface area contributed by atoms with Crippen LogP contribution in [0.15, 0.2) is 24.3 Å². The van der Waals surface area contributed by atoms with Gasteiger partial charge in [-0.2, -0.15) is 0 Å². The van der Waals surface area contributed by atoms with E-state index in [2.05, 4.69) is 43.5 Å². The SMILES string of the molecule is CCCCC/C=C\C/C=C\CCCCCCCCCC(=O)NC(COC1OC(CO)C(OC2OC(CO)C(O)C(O)C2O)C(O)C1O)C(O)CCCCCCCCCCCCCCCCCCCCCCCC. The summed E-state index contributed by atoms with van der Waals surface area (Å²) in [4.78, 5) is 13.3. The monoisotopic (exact) mass is 1040 g/mol.